The lowest BCUT2D eigenvalue weighted by molar-refractivity contribution is -0.158. The normalized spacial score (nSPS) is 17.2. The molecule has 1 saturated carbocycles. The molecule has 0 N–H and O–H groups in total. The van der Waals surface area contributed by atoms with E-state index in [9.17, 15) is 13.6 Å². The molecule has 0 atom stereocenters. The molecule has 1 fully saturated rings. The largest absolute Gasteiger partial charge is 0.459 e. The van der Waals surface area contributed by atoms with E-state index in [0.717, 1.165) is 0 Å². The van der Waals surface area contributed by atoms with Crippen molar-refractivity contribution in [2.24, 2.45) is 0 Å². The second-order valence-corrected chi connectivity index (χ2v) is 6.21. The maximum Gasteiger partial charge on any atom is 0.317 e. The predicted molar refractivity (Wildman–Crippen MR) is 68.1 cm³/mol. The van der Waals surface area contributed by atoms with Crippen LogP contribution >= 0.6 is 11.6 Å². The van der Waals surface area contributed by atoms with Gasteiger partial charge in [-0.15, -0.1) is 0 Å². The second-order valence-electron chi connectivity index (χ2n) is 5.81. The van der Waals surface area contributed by atoms with Crippen LogP contribution in [0.1, 0.15) is 39.2 Å². The van der Waals surface area contributed by atoms with Gasteiger partial charge in [0, 0.05) is 5.56 Å². The Hall–Kier alpha value is -1.16. The molecule has 104 valence electrons. The summed E-state index contributed by atoms with van der Waals surface area (Å²) in [6.45, 7) is 5.21. The lowest BCUT2D eigenvalue weighted by Crippen LogP contribution is -2.32. The topological polar surface area (TPSA) is 26.3 Å². The molecule has 1 aliphatic rings. The Morgan fingerprint density at radius 2 is 1.84 bits per heavy atom. The van der Waals surface area contributed by atoms with Crippen LogP contribution in [0, 0.1) is 11.6 Å². The minimum absolute atomic E-state index is 0.0312. The first-order valence-electron chi connectivity index (χ1n) is 6.05. The van der Waals surface area contributed by atoms with E-state index in [2.05, 4.69) is 0 Å². The predicted octanol–water partition coefficient (Wildman–Crippen LogP) is 3.99. The van der Waals surface area contributed by atoms with Gasteiger partial charge in [0.1, 0.15) is 5.60 Å². The van der Waals surface area contributed by atoms with Gasteiger partial charge in [0.05, 0.1) is 10.4 Å². The first kappa shape index (κ1) is 14.3. The maximum atomic E-state index is 13.9. The average Bonchev–Trinajstić information content (AvgIpc) is 3.05. The summed E-state index contributed by atoms with van der Waals surface area (Å²) >= 11 is 5.51. The number of hydrogen-bond donors (Lipinski definition) is 0. The number of benzene rings is 1. The summed E-state index contributed by atoms with van der Waals surface area (Å²) in [5.41, 5.74) is -1.68. The van der Waals surface area contributed by atoms with Crippen LogP contribution in [0.4, 0.5) is 8.78 Å². The monoisotopic (exact) mass is 288 g/mol. The third-order valence-corrected chi connectivity index (χ3v) is 3.38. The first-order valence-corrected chi connectivity index (χ1v) is 6.43. The quantitative estimate of drug-likeness (QED) is 0.607. The highest BCUT2D eigenvalue weighted by atomic mass is 35.5. The highest BCUT2D eigenvalue weighted by Crippen LogP contribution is 2.51. The number of hydrogen-bond acceptors (Lipinski definition) is 2. The van der Waals surface area contributed by atoms with Gasteiger partial charge >= 0.3 is 5.97 Å². The van der Waals surface area contributed by atoms with E-state index in [1.54, 1.807) is 20.8 Å². The number of halogens is 3. The first-order chi connectivity index (χ1) is 8.67. The van der Waals surface area contributed by atoms with Gasteiger partial charge in [0.15, 0.2) is 11.6 Å². The van der Waals surface area contributed by atoms with Crippen molar-refractivity contribution in [1.29, 1.82) is 0 Å². The van der Waals surface area contributed by atoms with Crippen molar-refractivity contribution < 1.29 is 18.3 Å². The van der Waals surface area contributed by atoms with Crippen LogP contribution in [0.15, 0.2) is 12.1 Å². The summed E-state index contributed by atoms with van der Waals surface area (Å²) in [7, 11) is 0. The number of ether oxygens (including phenoxy) is 1. The number of esters is 1. The van der Waals surface area contributed by atoms with Gasteiger partial charge in [-0.05, 0) is 39.7 Å². The van der Waals surface area contributed by atoms with Crippen LogP contribution in [0.5, 0.6) is 0 Å². The zero-order valence-electron chi connectivity index (χ0n) is 11.0. The van der Waals surface area contributed by atoms with Crippen LogP contribution in [0.3, 0.4) is 0 Å². The van der Waals surface area contributed by atoms with Crippen molar-refractivity contribution in [3.05, 3.63) is 34.4 Å². The van der Waals surface area contributed by atoms with Crippen molar-refractivity contribution in [2.45, 2.75) is 44.6 Å². The van der Waals surface area contributed by atoms with Gasteiger partial charge in [0.2, 0.25) is 0 Å². The van der Waals surface area contributed by atoms with Gasteiger partial charge in [-0.3, -0.25) is 4.79 Å². The SMILES string of the molecule is CC(C)(C)OC(=O)C1(c2ccc(Cl)c(F)c2F)CC1. The van der Waals surface area contributed by atoms with Crippen LogP contribution < -0.4 is 0 Å². The minimum atomic E-state index is -1.12. The van der Waals surface area contributed by atoms with E-state index < -0.39 is 28.6 Å². The number of carbonyl (C=O) groups is 1. The molecule has 0 bridgehead atoms. The highest BCUT2D eigenvalue weighted by Gasteiger charge is 2.55. The molecule has 0 heterocycles. The third kappa shape index (κ3) is 2.59. The molecule has 1 aromatic rings. The molecule has 1 aromatic carbocycles. The Balaban J connectivity index is 2.36. The summed E-state index contributed by atoms with van der Waals surface area (Å²) in [4.78, 5) is 12.1. The molecule has 0 unspecified atom stereocenters. The van der Waals surface area contributed by atoms with Gasteiger partial charge in [-0.2, -0.15) is 0 Å². The van der Waals surface area contributed by atoms with Gasteiger partial charge in [0.25, 0.3) is 0 Å². The van der Waals surface area contributed by atoms with Crippen molar-refractivity contribution in [2.75, 3.05) is 0 Å². The molecule has 0 amide bonds. The molecule has 0 aliphatic heterocycles. The summed E-state index contributed by atoms with van der Waals surface area (Å²) in [6, 6.07) is 2.62. The fraction of sp³-hybridized carbons (Fsp3) is 0.500. The van der Waals surface area contributed by atoms with E-state index in [1.165, 1.54) is 12.1 Å². The molecule has 2 rings (SSSR count). The van der Waals surface area contributed by atoms with E-state index in [1.807, 2.05) is 0 Å². The molecule has 0 aromatic heterocycles. The zero-order chi connectivity index (χ0) is 14.4. The molecule has 0 spiro atoms. The number of rotatable bonds is 2. The molecule has 5 heteroatoms. The Morgan fingerprint density at radius 3 is 2.32 bits per heavy atom. The standard InChI is InChI=1S/C14H15ClF2O2/c1-13(2,3)19-12(18)14(6-7-14)8-4-5-9(15)11(17)10(8)16/h4-5H,6-7H2,1-3H3. The average molecular weight is 289 g/mol. The van der Waals surface area contributed by atoms with Gasteiger partial charge in [-0.25, -0.2) is 8.78 Å². The minimum Gasteiger partial charge on any atom is -0.459 e. The van der Waals surface area contributed by atoms with Crippen molar-refractivity contribution in [3.63, 3.8) is 0 Å². The van der Waals surface area contributed by atoms with E-state index in [4.69, 9.17) is 16.3 Å². The van der Waals surface area contributed by atoms with Crippen LogP contribution in [-0.4, -0.2) is 11.6 Å². The molecule has 0 saturated heterocycles. The van der Waals surface area contributed by atoms with Crippen LogP contribution in [0.25, 0.3) is 0 Å². The highest BCUT2D eigenvalue weighted by molar-refractivity contribution is 6.30. The van der Waals surface area contributed by atoms with E-state index in [0.29, 0.717) is 12.8 Å². The maximum absolute atomic E-state index is 13.9. The van der Waals surface area contributed by atoms with Gasteiger partial charge in [-0.1, -0.05) is 17.7 Å². The molecule has 0 radical (unpaired) electrons. The van der Waals surface area contributed by atoms with Gasteiger partial charge < -0.3 is 4.74 Å². The Bertz CT molecular complexity index is 531. The molecule has 2 nitrogen and oxygen atoms in total. The lowest BCUT2D eigenvalue weighted by Gasteiger charge is -2.24. The zero-order valence-corrected chi connectivity index (χ0v) is 11.8. The fourth-order valence-corrected chi connectivity index (χ4v) is 2.13. The summed E-state index contributed by atoms with van der Waals surface area (Å²) in [5.74, 6) is -2.69. The van der Waals surface area contributed by atoms with Crippen molar-refractivity contribution in [3.8, 4) is 0 Å². The third-order valence-electron chi connectivity index (χ3n) is 3.09. The van der Waals surface area contributed by atoms with Crippen LogP contribution in [0.2, 0.25) is 5.02 Å². The molecule has 19 heavy (non-hydrogen) atoms. The van der Waals surface area contributed by atoms with E-state index in [-0.39, 0.29) is 10.6 Å². The lowest BCUT2D eigenvalue weighted by atomic mass is 9.95. The summed E-state index contributed by atoms with van der Waals surface area (Å²) in [5, 5.41) is -0.291. The Morgan fingerprint density at radius 1 is 1.26 bits per heavy atom. The summed E-state index contributed by atoms with van der Waals surface area (Å²) < 4.78 is 32.7. The Kier molecular flexibility index (Phi) is 3.33. The Labute approximate surface area is 115 Å². The van der Waals surface area contributed by atoms with Crippen molar-refractivity contribution in [1.82, 2.24) is 0 Å². The smallest absolute Gasteiger partial charge is 0.317 e. The fourth-order valence-electron chi connectivity index (χ4n) is 1.98. The van der Waals surface area contributed by atoms with E-state index >= 15 is 0 Å². The molecule has 1 aliphatic carbocycles. The molecular weight excluding hydrogens is 274 g/mol. The van der Waals surface area contributed by atoms with Crippen LogP contribution in [-0.2, 0) is 14.9 Å². The summed E-state index contributed by atoms with van der Waals surface area (Å²) in [6.07, 6.45) is 0.916. The molecular formula is C14H15ClF2O2. The van der Waals surface area contributed by atoms with Crippen molar-refractivity contribution >= 4 is 17.6 Å². The second kappa shape index (κ2) is 4.44. The number of carbonyl (C=O) groups excluding carboxylic acids is 1.